The largest absolute Gasteiger partial charge is 0.497 e. The molecule has 2 amide bonds. The van der Waals surface area contributed by atoms with Gasteiger partial charge in [-0.1, -0.05) is 30.3 Å². The number of methoxy groups -OCH3 is 1. The van der Waals surface area contributed by atoms with E-state index in [0.717, 1.165) is 0 Å². The molecule has 8 nitrogen and oxygen atoms in total. The maximum Gasteiger partial charge on any atom is 0.343 e. The van der Waals surface area contributed by atoms with Gasteiger partial charge in [-0.2, -0.15) is 5.10 Å². The summed E-state index contributed by atoms with van der Waals surface area (Å²) in [6.45, 7) is 0. The Morgan fingerprint density at radius 1 is 0.839 bits per heavy atom. The molecule has 0 spiro atoms. The Labute approximate surface area is 178 Å². The van der Waals surface area contributed by atoms with Crippen LogP contribution in [0.3, 0.4) is 0 Å². The Kier molecular flexibility index (Phi) is 7.10. The number of para-hydroxylation sites is 1. The smallest absolute Gasteiger partial charge is 0.343 e. The topological polar surface area (TPSA) is 106 Å². The summed E-state index contributed by atoms with van der Waals surface area (Å²) in [5.74, 6) is -1.34. The van der Waals surface area contributed by atoms with E-state index in [1.807, 2.05) is 0 Å². The molecule has 2 N–H and O–H groups in total. The molecule has 0 aromatic heterocycles. The Morgan fingerprint density at radius 3 is 2.29 bits per heavy atom. The second kappa shape index (κ2) is 10.4. The molecule has 0 atom stereocenters. The van der Waals surface area contributed by atoms with E-state index in [9.17, 15) is 14.4 Å². The molecule has 0 saturated carbocycles. The maximum atomic E-state index is 12.3. The standard InChI is InChI=1S/C23H19N3O5/c1-30-19-12-10-17(11-13-19)23(29)31-20-9-5-6-16(14-20)15-24-26-22(28)21(27)25-18-7-3-2-4-8-18/h2-15H,1H3,(H,25,27)(H,26,28)/b24-15+. The van der Waals surface area contributed by atoms with Crippen LogP contribution in [-0.4, -0.2) is 31.1 Å². The lowest BCUT2D eigenvalue weighted by atomic mass is 10.2. The summed E-state index contributed by atoms with van der Waals surface area (Å²) < 4.78 is 10.4. The van der Waals surface area contributed by atoms with Crippen LogP contribution in [0.15, 0.2) is 84.0 Å². The summed E-state index contributed by atoms with van der Waals surface area (Å²) in [7, 11) is 1.54. The molecular formula is C23H19N3O5. The predicted octanol–water partition coefficient (Wildman–Crippen LogP) is 3.00. The average Bonchev–Trinajstić information content (AvgIpc) is 2.80. The summed E-state index contributed by atoms with van der Waals surface area (Å²) in [5, 5.41) is 6.22. The summed E-state index contributed by atoms with van der Waals surface area (Å²) in [4.78, 5) is 35.9. The highest BCUT2D eigenvalue weighted by molar-refractivity contribution is 6.39. The van der Waals surface area contributed by atoms with Gasteiger partial charge >= 0.3 is 17.8 Å². The molecule has 0 unspecified atom stereocenters. The normalized spacial score (nSPS) is 10.4. The van der Waals surface area contributed by atoms with Crippen molar-refractivity contribution in [1.29, 1.82) is 0 Å². The van der Waals surface area contributed by atoms with Crippen molar-refractivity contribution in [2.24, 2.45) is 5.10 Å². The molecule has 3 aromatic carbocycles. The molecule has 156 valence electrons. The number of esters is 1. The van der Waals surface area contributed by atoms with Crippen LogP contribution in [0.1, 0.15) is 15.9 Å². The van der Waals surface area contributed by atoms with Gasteiger partial charge in [0.1, 0.15) is 11.5 Å². The monoisotopic (exact) mass is 417 g/mol. The summed E-state index contributed by atoms with van der Waals surface area (Å²) in [6, 6.07) is 21.7. The van der Waals surface area contributed by atoms with Crippen molar-refractivity contribution in [2.45, 2.75) is 0 Å². The number of carbonyl (C=O) groups excluding carboxylic acids is 3. The minimum Gasteiger partial charge on any atom is -0.497 e. The van der Waals surface area contributed by atoms with Gasteiger partial charge in [-0.05, 0) is 54.1 Å². The highest BCUT2D eigenvalue weighted by Crippen LogP contribution is 2.16. The second-order valence-electron chi connectivity index (χ2n) is 6.21. The van der Waals surface area contributed by atoms with Gasteiger partial charge in [0.05, 0.1) is 18.9 Å². The first-order valence-corrected chi connectivity index (χ1v) is 9.21. The van der Waals surface area contributed by atoms with Crippen LogP contribution in [0.25, 0.3) is 0 Å². The van der Waals surface area contributed by atoms with Crippen LogP contribution >= 0.6 is 0 Å². The SMILES string of the molecule is COc1ccc(C(=O)Oc2cccc(/C=N/NC(=O)C(=O)Nc3ccccc3)c2)cc1. The molecule has 0 saturated heterocycles. The molecule has 0 radical (unpaired) electrons. The summed E-state index contributed by atoms with van der Waals surface area (Å²) in [6.07, 6.45) is 1.33. The van der Waals surface area contributed by atoms with Crippen molar-refractivity contribution in [1.82, 2.24) is 5.43 Å². The van der Waals surface area contributed by atoms with Gasteiger partial charge in [0, 0.05) is 5.69 Å². The lowest BCUT2D eigenvalue weighted by Gasteiger charge is -2.06. The number of anilines is 1. The lowest BCUT2D eigenvalue weighted by Crippen LogP contribution is -2.32. The third-order valence-electron chi connectivity index (χ3n) is 4.01. The predicted molar refractivity (Wildman–Crippen MR) is 115 cm³/mol. The molecule has 0 bridgehead atoms. The van der Waals surface area contributed by atoms with Crippen molar-refractivity contribution < 1.29 is 23.9 Å². The maximum absolute atomic E-state index is 12.3. The molecule has 0 heterocycles. The Hall–Kier alpha value is -4.46. The molecule has 3 rings (SSSR count). The van der Waals surface area contributed by atoms with E-state index in [2.05, 4.69) is 15.8 Å². The Morgan fingerprint density at radius 2 is 1.58 bits per heavy atom. The fraction of sp³-hybridized carbons (Fsp3) is 0.0435. The van der Waals surface area contributed by atoms with Crippen molar-refractivity contribution in [3.05, 3.63) is 90.0 Å². The van der Waals surface area contributed by atoms with E-state index in [0.29, 0.717) is 28.3 Å². The summed E-state index contributed by atoms with van der Waals surface area (Å²) >= 11 is 0. The molecule has 0 aliphatic rings. The zero-order valence-corrected chi connectivity index (χ0v) is 16.6. The number of carbonyl (C=O) groups is 3. The number of nitrogens with zero attached hydrogens (tertiary/aromatic N) is 1. The van der Waals surface area contributed by atoms with E-state index in [4.69, 9.17) is 9.47 Å². The quantitative estimate of drug-likeness (QED) is 0.211. The first-order chi connectivity index (χ1) is 15.0. The number of hydrogen-bond donors (Lipinski definition) is 2. The van der Waals surface area contributed by atoms with Crippen molar-refractivity contribution >= 4 is 29.7 Å². The van der Waals surface area contributed by atoms with Crippen LogP contribution in [0, 0.1) is 0 Å². The fourth-order valence-electron chi connectivity index (χ4n) is 2.48. The number of benzene rings is 3. The van der Waals surface area contributed by atoms with Crippen molar-refractivity contribution in [3.63, 3.8) is 0 Å². The van der Waals surface area contributed by atoms with Crippen molar-refractivity contribution in [3.8, 4) is 11.5 Å². The summed E-state index contributed by atoms with van der Waals surface area (Å²) in [5.41, 5.74) is 3.58. The van der Waals surface area contributed by atoms with Gasteiger partial charge in [-0.3, -0.25) is 9.59 Å². The molecule has 0 fully saturated rings. The number of amides is 2. The fourth-order valence-corrected chi connectivity index (χ4v) is 2.48. The van der Waals surface area contributed by atoms with E-state index in [-0.39, 0.29) is 0 Å². The minimum absolute atomic E-state index is 0.304. The van der Waals surface area contributed by atoms with Crippen LogP contribution in [-0.2, 0) is 9.59 Å². The van der Waals surface area contributed by atoms with Gasteiger partial charge in [0.25, 0.3) is 0 Å². The van der Waals surface area contributed by atoms with Gasteiger partial charge in [-0.15, -0.1) is 0 Å². The third kappa shape index (κ3) is 6.26. The molecule has 31 heavy (non-hydrogen) atoms. The minimum atomic E-state index is -0.915. The van der Waals surface area contributed by atoms with Crippen LogP contribution < -0.4 is 20.2 Å². The van der Waals surface area contributed by atoms with E-state index < -0.39 is 17.8 Å². The first kappa shape index (κ1) is 21.3. The molecule has 0 aliphatic heterocycles. The Balaban J connectivity index is 1.55. The molecule has 0 aliphatic carbocycles. The number of hydrazone groups is 1. The van der Waals surface area contributed by atoms with E-state index >= 15 is 0 Å². The number of hydrogen-bond acceptors (Lipinski definition) is 6. The highest BCUT2D eigenvalue weighted by atomic mass is 16.5. The zero-order chi connectivity index (χ0) is 22.1. The number of nitrogens with one attached hydrogen (secondary N) is 2. The zero-order valence-electron chi connectivity index (χ0n) is 16.6. The average molecular weight is 417 g/mol. The van der Waals surface area contributed by atoms with Gasteiger partial charge < -0.3 is 14.8 Å². The Bertz CT molecular complexity index is 1100. The van der Waals surface area contributed by atoms with E-state index in [1.54, 1.807) is 86.0 Å². The van der Waals surface area contributed by atoms with Crippen LogP contribution in [0.5, 0.6) is 11.5 Å². The molecular weight excluding hydrogens is 398 g/mol. The third-order valence-corrected chi connectivity index (χ3v) is 4.01. The van der Waals surface area contributed by atoms with Gasteiger partial charge in [-0.25, -0.2) is 10.2 Å². The van der Waals surface area contributed by atoms with Crippen LogP contribution in [0.2, 0.25) is 0 Å². The number of ether oxygens (including phenoxy) is 2. The van der Waals surface area contributed by atoms with E-state index in [1.165, 1.54) is 6.21 Å². The van der Waals surface area contributed by atoms with Crippen LogP contribution in [0.4, 0.5) is 5.69 Å². The molecule has 8 heteroatoms. The van der Waals surface area contributed by atoms with Gasteiger partial charge in [0.15, 0.2) is 0 Å². The first-order valence-electron chi connectivity index (χ1n) is 9.21. The second-order valence-corrected chi connectivity index (χ2v) is 6.21. The highest BCUT2D eigenvalue weighted by Gasteiger charge is 2.12. The lowest BCUT2D eigenvalue weighted by molar-refractivity contribution is -0.136. The van der Waals surface area contributed by atoms with Gasteiger partial charge in [0.2, 0.25) is 0 Å². The van der Waals surface area contributed by atoms with Crippen molar-refractivity contribution in [2.75, 3.05) is 12.4 Å². The molecule has 3 aromatic rings. The number of rotatable bonds is 6.